The second-order valence-electron chi connectivity index (χ2n) is 8.29. The van der Waals surface area contributed by atoms with Gasteiger partial charge in [0, 0.05) is 38.2 Å². The van der Waals surface area contributed by atoms with Crippen LogP contribution in [0.1, 0.15) is 57.3 Å². The maximum atomic E-state index is 13.1. The molecule has 1 saturated heterocycles. The van der Waals surface area contributed by atoms with Crippen LogP contribution in [0.2, 0.25) is 0 Å². The van der Waals surface area contributed by atoms with Crippen molar-refractivity contribution < 1.29 is 18.8 Å². The number of hydrogen-bond acceptors (Lipinski definition) is 3. The van der Waals surface area contributed by atoms with Crippen LogP contribution in [-0.2, 0) is 9.59 Å². The van der Waals surface area contributed by atoms with Gasteiger partial charge in [-0.15, -0.1) is 0 Å². The van der Waals surface area contributed by atoms with Crippen LogP contribution in [0, 0.1) is 17.7 Å². The lowest BCUT2D eigenvalue weighted by atomic mass is 9.87. The van der Waals surface area contributed by atoms with Crippen LogP contribution in [0.4, 0.5) is 4.39 Å². The average molecular weight is 420 g/mol. The first-order valence-electron chi connectivity index (χ1n) is 10.9. The molecule has 1 N–H and O–H groups in total. The molecule has 166 valence electrons. The Morgan fingerprint density at radius 2 is 1.67 bits per heavy atom. The average Bonchev–Trinajstić information content (AvgIpc) is 2.72. The number of nitrogens with one attached hydrogen (secondary N) is 1. The van der Waals surface area contributed by atoms with Crippen molar-refractivity contribution in [2.45, 2.75) is 53.0 Å². The van der Waals surface area contributed by atoms with E-state index in [0.717, 1.165) is 0 Å². The van der Waals surface area contributed by atoms with Gasteiger partial charge in [0.1, 0.15) is 11.9 Å². The molecular formula is C23H34FN3O3. The first-order valence-corrected chi connectivity index (χ1v) is 10.9. The molecule has 0 aliphatic carbocycles. The zero-order valence-electron chi connectivity index (χ0n) is 18.5. The fourth-order valence-corrected chi connectivity index (χ4v) is 3.93. The van der Waals surface area contributed by atoms with Gasteiger partial charge in [-0.3, -0.25) is 14.4 Å². The molecule has 0 radical (unpaired) electrons. The molecule has 3 amide bonds. The van der Waals surface area contributed by atoms with Crippen LogP contribution in [0.25, 0.3) is 0 Å². The van der Waals surface area contributed by atoms with Crippen molar-refractivity contribution in [3.63, 3.8) is 0 Å². The summed E-state index contributed by atoms with van der Waals surface area (Å²) in [5.74, 6) is -0.485. The summed E-state index contributed by atoms with van der Waals surface area (Å²) >= 11 is 0. The molecule has 1 unspecified atom stereocenters. The van der Waals surface area contributed by atoms with Crippen LogP contribution in [0.15, 0.2) is 24.3 Å². The molecule has 0 saturated carbocycles. The lowest BCUT2D eigenvalue weighted by Crippen LogP contribution is -2.54. The van der Waals surface area contributed by atoms with Gasteiger partial charge in [0.15, 0.2) is 0 Å². The normalized spacial score (nSPS) is 15.7. The molecule has 30 heavy (non-hydrogen) atoms. The van der Waals surface area contributed by atoms with Crippen molar-refractivity contribution in [3.8, 4) is 0 Å². The lowest BCUT2D eigenvalue weighted by Gasteiger charge is -2.37. The fraction of sp³-hybridized carbons (Fsp3) is 0.609. The maximum absolute atomic E-state index is 13.1. The Hall–Kier alpha value is -2.44. The van der Waals surface area contributed by atoms with Gasteiger partial charge in [0.2, 0.25) is 11.8 Å². The largest absolute Gasteiger partial charge is 0.344 e. The Morgan fingerprint density at radius 1 is 1.10 bits per heavy atom. The van der Waals surface area contributed by atoms with Crippen LogP contribution >= 0.6 is 0 Å². The quantitative estimate of drug-likeness (QED) is 0.704. The van der Waals surface area contributed by atoms with E-state index in [2.05, 4.69) is 5.32 Å². The van der Waals surface area contributed by atoms with Gasteiger partial charge in [-0.2, -0.15) is 0 Å². The Kier molecular flexibility index (Phi) is 8.81. The van der Waals surface area contributed by atoms with E-state index in [-0.39, 0.29) is 35.4 Å². The molecule has 2 rings (SSSR count). The minimum atomic E-state index is -0.570. The summed E-state index contributed by atoms with van der Waals surface area (Å²) in [6.45, 7) is 9.99. The molecule has 1 atom stereocenters. The third kappa shape index (κ3) is 6.28. The highest BCUT2D eigenvalue weighted by Crippen LogP contribution is 2.24. The zero-order chi connectivity index (χ0) is 22.3. The number of hydrogen-bond donors (Lipinski definition) is 1. The molecule has 1 aromatic carbocycles. The molecule has 1 heterocycles. The van der Waals surface area contributed by atoms with Gasteiger partial charge >= 0.3 is 0 Å². The van der Waals surface area contributed by atoms with Gasteiger partial charge < -0.3 is 15.1 Å². The third-order valence-corrected chi connectivity index (χ3v) is 5.64. The number of nitrogens with zero attached hydrogens (tertiary/aromatic N) is 2. The van der Waals surface area contributed by atoms with Crippen molar-refractivity contribution >= 4 is 17.7 Å². The predicted molar refractivity (Wildman–Crippen MR) is 114 cm³/mol. The highest BCUT2D eigenvalue weighted by atomic mass is 19.1. The Balaban J connectivity index is 2.07. The highest BCUT2D eigenvalue weighted by Gasteiger charge is 2.35. The maximum Gasteiger partial charge on any atom is 0.253 e. The van der Waals surface area contributed by atoms with E-state index in [0.29, 0.717) is 51.0 Å². The number of rotatable bonds is 8. The number of likely N-dealkylation sites (N-methyl/N-ethyl adjacent to an activating group) is 1. The number of carbonyl (C=O) groups excluding carboxylic acids is 3. The van der Waals surface area contributed by atoms with Crippen molar-refractivity contribution in [1.82, 2.24) is 15.1 Å². The minimum Gasteiger partial charge on any atom is -0.344 e. The van der Waals surface area contributed by atoms with E-state index in [1.807, 2.05) is 27.7 Å². The third-order valence-electron chi connectivity index (χ3n) is 5.64. The lowest BCUT2D eigenvalue weighted by molar-refractivity contribution is -0.138. The van der Waals surface area contributed by atoms with Crippen LogP contribution in [-0.4, -0.2) is 59.7 Å². The van der Waals surface area contributed by atoms with E-state index in [1.165, 1.54) is 24.3 Å². The molecular weight excluding hydrogens is 385 g/mol. The Bertz CT molecular complexity index is 724. The first-order chi connectivity index (χ1) is 14.3. The molecule has 1 aromatic rings. The van der Waals surface area contributed by atoms with Crippen molar-refractivity contribution in [3.05, 3.63) is 35.6 Å². The van der Waals surface area contributed by atoms with E-state index >= 15 is 0 Å². The second kappa shape index (κ2) is 11.1. The minimum absolute atomic E-state index is 0.0218. The molecule has 1 fully saturated rings. The van der Waals surface area contributed by atoms with E-state index < -0.39 is 6.04 Å². The Morgan fingerprint density at radius 3 is 2.17 bits per heavy atom. The number of halogens is 1. The van der Waals surface area contributed by atoms with E-state index in [9.17, 15) is 18.8 Å². The monoisotopic (exact) mass is 419 g/mol. The van der Waals surface area contributed by atoms with E-state index in [4.69, 9.17) is 0 Å². The van der Waals surface area contributed by atoms with Crippen LogP contribution in [0.5, 0.6) is 0 Å². The number of amides is 3. The highest BCUT2D eigenvalue weighted by molar-refractivity contribution is 5.94. The molecule has 7 heteroatoms. The van der Waals surface area contributed by atoms with Crippen LogP contribution < -0.4 is 5.32 Å². The zero-order valence-corrected chi connectivity index (χ0v) is 18.5. The summed E-state index contributed by atoms with van der Waals surface area (Å²) in [7, 11) is 0. The standard InChI is InChI=1S/C23H34FN3O3/c1-5-26(6-2)23(30)21(25-20(28)15-16(3)4)17-11-13-27(14-12-17)22(29)18-7-9-19(24)10-8-18/h7-10,16-17,21H,5-6,11-15H2,1-4H3,(H,25,28). The predicted octanol–water partition coefficient (Wildman–Crippen LogP) is 3.08. The summed E-state index contributed by atoms with van der Waals surface area (Å²) in [6.07, 6.45) is 1.64. The molecule has 1 aliphatic rings. The van der Waals surface area contributed by atoms with Crippen molar-refractivity contribution in [2.24, 2.45) is 11.8 Å². The van der Waals surface area contributed by atoms with Crippen molar-refractivity contribution in [1.29, 1.82) is 0 Å². The smallest absolute Gasteiger partial charge is 0.253 e. The summed E-state index contributed by atoms with van der Waals surface area (Å²) < 4.78 is 13.1. The molecule has 6 nitrogen and oxygen atoms in total. The number of likely N-dealkylation sites (tertiary alicyclic amines) is 1. The Labute approximate surface area is 178 Å². The number of benzene rings is 1. The van der Waals surface area contributed by atoms with Gasteiger partial charge in [-0.25, -0.2) is 4.39 Å². The summed E-state index contributed by atoms with van der Waals surface area (Å²) in [5.41, 5.74) is 0.454. The number of piperidine rings is 1. The molecule has 0 spiro atoms. The van der Waals surface area contributed by atoms with Gasteiger partial charge in [-0.1, -0.05) is 13.8 Å². The molecule has 0 bridgehead atoms. The summed E-state index contributed by atoms with van der Waals surface area (Å²) in [4.78, 5) is 41.7. The molecule has 0 aromatic heterocycles. The topological polar surface area (TPSA) is 69.7 Å². The van der Waals surface area contributed by atoms with E-state index in [1.54, 1.807) is 9.80 Å². The first kappa shape index (κ1) is 23.8. The van der Waals surface area contributed by atoms with Crippen LogP contribution in [0.3, 0.4) is 0 Å². The van der Waals surface area contributed by atoms with Gasteiger partial charge in [0.25, 0.3) is 5.91 Å². The van der Waals surface area contributed by atoms with Gasteiger partial charge in [-0.05, 0) is 62.8 Å². The van der Waals surface area contributed by atoms with Crippen molar-refractivity contribution in [2.75, 3.05) is 26.2 Å². The van der Waals surface area contributed by atoms with Gasteiger partial charge in [0.05, 0.1) is 0 Å². The number of carbonyl (C=O) groups is 3. The second-order valence-corrected chi connectivity index (χ2v) is 8.29. The fourth-order valence-electron chi connectivity index (χ4n) is 3.93. The molecule has 1 aliphatic heterocycles. The summed E-state index contributed by atoms with van der Waals surface area (Å²) in [6, 6.07) is 4.97. The summed E-state index contributed by atoms with van der Waals surface area (Å²) in [5, 5.41) is 2.97. The SMILES string of the molecule is CCN(CC)C(=O)C(NC(=O)CC(C)C)C1CCN(C(=O)c2ccc(F)cc2)CC1.